The highest BCUT2D eigenvalue weighted by Crippen LogP contribution is 2.55. The predicted octanol–water partition coefficient (Wildman–Crippen LogP) is 5.43. The number of benzene rings is 2. The van der Waals surface area contributed by atoms with E-state index in [1.54, 1.807) is 18.2 Å². The predicted molar refractivity (Wildman–Crippen MR) is 138 cm³/mol. The first-order chi connectivity index (χ1) is 17.9. The Morgan fingerprint density at radius 2 is 1.84 bits per heavy atom. The number of fused-ring (bicyclic) bond motifs is 1. The van der Waals surface area contributed by atoms with E-state index in [4.69, 9.17) is 30.9 Å². The zero-order valence-corrected chi connectivity index (χ0v) is 22.1. The topological polar surface area (TPSA) is 120 Å². The molecule has 1 aliphatic rings. The van der Waals surface area contributed by atoms with Crippen molar-refractivity contribution in [3.05, 3.63) is 70.2 Å². The molecule has 2 N–H and O–H groups in total. The highest BCUT2D eigenvalue weighted by molar-refractivity contribution is 7.46. The Balaban J connectivity index is 1.41. The second kappa shape index (κ2) is 9.71. The molecule has 0 bridgehead atoms. The summed E-state index contributed by atoms with van der Waals surface area (Å²) in [6, 6.07) is 13.6. The lowest BCUT2D eigenvalue weighted by Gasteiger charge is -2.45. The molecule has 2 heterocycles. The molecule has 2 aromatic carbocycles. The summed E-state index contributed by atoms with van der Waals surface area (Å²) < 4.78 is 55.7. The Labute approximate surface area is 223 Å². The monoisotopic (exact) mass is 584 g/mol. The van der Waals surface area contributed by atoms with Crippen molar-refractivity contribution in [2.24, 2.45) is 0 Å². The van der Waals surface area contributed by atoms with E-state index in [0.29, 0.717) is 20.9 Å². The zero-order chi connectivity index (χ0) is 27.3. The van der Waals surface area contributed by atoms with Crippen LogP contribution in [0.4, 0.5) is 8.78 Å². The van der Waals surface area contributed by atoms with Crippen LogP contribution in [-0.2, 0) is 9.09 Å². The summed E-state index contributed by atoms with van der Waals surface area (Å²) in [6.45, 7) is -0.542. The van der Waals surface area contributed by atoms with Crippen LogP contribution in [0.5, 0.6) is 11.5 Å². The van der Waals surface area contributed by atoms with Gasteiger partial charge in [-0.25, -0.2) is 18.3 Å². The lowest BCUT2D eigenvalue weighted by Crippen LogP contribution is -2.56. The van der Waals surface area contributed by atoms with Gasteiger partial charge in [0.15, 0.2) is 11.5 Å². The Bertz CT molecular complexity index is 1610. The maximum absolute atomic E-state index is 13.5. The molecule has 1 fully saturated rings. The molecular formula is C24H20ClF2N2O7PS. The molecule has 5 rings (SSSR count). The van der Waals surface area contributed by atoms with Gasteiger partial charge in [0.25, 0.3) is 11.5 Å². The quantitative estimate of drug-likeness (QED) is 0.263. The van der Waals surface area contributed by atoms with E-state index >= 15 is 0 Å². The summed E-state index contributed by atoms with van der Waals surface area (Å²) in [6.07, 6.45) is -0.408. The van der Waals surface area contributed by atoms with Gasteiger partial charge in [0.2, 0.25) is 0 Å². The molecule has 1 saturated carbocycles. The summed E-state index contributed by atoms with van der Waals surface area (Å²) in [7, 11) is -3.68. The third-order valence-electron chi connectivity index (χ3n) is 5.96. The van der Waals surface area contributed by atoms with Gasteiger partial charge in [0.1, 0.15) is 23.2 Å². The number of halogens is 3. The molecule has 9 nitrogen and oxygen atoms in total. The molecule has 0 saturated heterocycles. The molecule has 0 spiro atoms. The first kappa shape index (κ1) is 26.7. The normalized spacial score (nSPS) is 16.3. The van der Waals surface area contributed by atoms with Crippen LogP contribution < -0.4 is 15.0 Å². The summed E-state index contributed by atoms with van der Waals surface area (Å²) in [5, 5.41) is 0.604. The van der Waals surface area contributed by atoms with Crippen molar-refractivity contribution in [1.29, 1.82) is 0 Å². The van der Waals surface area contributed by atoms with Crippen molar-refractivity contribution in [3.63, 3.8) is 0 Å². The van der Waals surface area contributed by atoms with E-state index < -0.39 is 38.8 Å². The standard InChI is InChI=1S/C24H20ClF2N2O7PS/c1-34-19-8-16(6-7-18(19)35-12-23(36-37(31,32)33)10-24(26,27)11-23)29-13-28-17-9-20(38-21(17)22(29)30)14-2-4-15(25)5-3-14/h2-9,13H,10-12H2,1H3,(H2,31,32,33). The molecule has 4 aromatic rings. The molecular weight excluding hydrogens is 565 g/mol. The maximum Gasteiger partial charge on any atom is 0.470 e. The van der Waals surface area contributed by atoms with E-state index in [2.05, 4.69) is 9.51 Å². The van der Waals surface area contributed by atoms with Gasteiger partial charge in [-0.1, -0.05) is 23.7 Å². The van der Waals surface area contributed by atoms with Gasteiger partial charge in [-0.05, 0) is 35.9 Å². The Hall–Kier alpha value is -2.86. The summed E-state index contributed by atoms with van der Waals surface area (Å²) in [5.41, 5.74) is -0.302. The van der Waals surface area contributed by atoms with Crippen LogP contribution in [0.3, 0.4) is 0 Å². The van der Waals surface area contributed by atoms with Gasteiger partial charge < -0.3 is 19.3 Å². The molecule has 38 heavy (non-hydrogen) atoms. The number of nitrogens with zero attached hydrogens (tertiary/aromatic N) is 2. The minimum Gasteiger partial charge on any atom is -0.493 e. The number of phosphoric ester groups is 1. The highest BCUT2D eigenvalue weighted by atomic mass is 35.5. The van der Waals surface area contributed by atoms with Crippen molar-refractivity contribution in [2.75, 3.05) is 13.7 Å². The number of hydrogen-bond donors (Lipinski definition) is 2. The van der Waals surface area contributed by atoms with Crippen LogP contribution in [0.25, 0.3) is 26.3 Å². The van der Waals surface area contributed by atoms with E-state index in [1.807, 2.05) is 18.2 Å². The average Bonchev–Trinajstić information content (AvgIpc) is 3.26. The molecule has 14 heteroatoms. The number of alkyl halides is 2. The summed E-state index contributed by atoms with van der Waals surface area (Å²) in [4.78, 5) is 36.8. The minimum atomic E-state index is -5.04. The second-order valence-electron chi connectivity index (χ2n) is 8.85. The fraction of sp³-hybridized carbons (Fsp3) is 0.250. The Morgan fingerprint density at radius 1 is 1.13 bits per heavy atom. The molecule has 200 valence electrons. The third-order valence-corrected chi connectivity index (χ3v) is 8.00. The van der Waals surface area contributed by atoms with Crippen LogP contribution in [0, 0.1) is 0 Å². The number of aromatic nitrogens is 2. The number of phosphoric acid groups is 1. The van der Waals surface area contributed by atoms with E-state index in [9.17, 15) is 18.1 Å². The fourth-order valence-corrected chi connectivity index (χ4v) is 6.18. The van der Waals surface area contributed by atoms with E-state index in [0.717, 1.165) is 10.4 Å². The highest BCUT2D eigenvalue weighted by Gasteiger charge is 2.60. The molecule has 0 atom stereocenters. The summed E-state index contributed by atoms with van der Waals surface area (Å²) >= 11 is 7.26. The van der Waals surface area contributed by atoms with E-state index in [1.165, 1.54) is 41.5 Å². The van der Waals surface area contributed by atoms with Gasteiger partial charge in [-0.15, -0.1) is 11.3 Å². The van der Waals surface area contributed by atoms with Crippen LogP contribution in [0.15, 0.2) is 59.7 Å². The van der Waals surface area contributed by atoms with Gasteiger partial charge in [-0.2, -0.15) is 0 Å². The van der Waals surface area contributed by atoms with Crippen molar-refractivity contribution >= 4 is 41.0 Å². The number of ether oxygens (including phenoxy) is 2. The average molecular weight is 585 g/mol. The smallest absolute Gasteiger partial charge is 0.470 e. The molecule has 0 radical (unpaired) electrons. The first-order valence-electron chi connectivity index (χ1n) is 11.1. The van der Waals surface area contributed by atoms with Gasteiger partial charge >= 0.3 is 7.82 Å². The van der Waals surface area contributed by atoms with Gasteiger partial charge in [-0.3, -0.25) is 13.9 Å². The van der Waals surface area contributed by atoms with Crippen molar-refractivity contribution in [2.45, 2.75) is 24.4 Å². The van der Waals surface area contributed by atoms with Gasteiger partial charge in [0.05, 0.1) is 18.3 Å². The zero-order valence-electron chi connectivity index (χ0n) is 19.6. The number of hydrogen-bond acceptors (Lipinski definition) is 7. The lowest BCUT2D eigenvalue weighted by molar-refractivity contribution is -0.207. The Morgan fingerprint density at radius 3 is 2.47 bits per heavy atom. The van der Waals surface area contributed by atoms with Crippen LogP contribution in [0.2, 0.25) is 5.02 Å². The molecule has 0 unspecified atom stereocenters. The van der Waals surface area contributed by atoms with Crippen LogP contribution >= 0.6 is 30.8 Å². The van der Waals surface area contributed by atoms with Crippen molar-refractivity contribution < 1.29 is 37.1 Å². The molecule has 0 aliphatic heterocycles. The third kappa shape index (κ3) is 5.47. The molecule has 1 aliphatic carbocycles. The fourth-order valence-electron chi connectivity index (χ4n) is 4.32. The van der Waals surface area contributed by atoms with Crippen molar-refractivity contribution in [1.82, 2.24) is 9.55 Å². The van der Waals surface area contributed by atoms with Crippen LogP contribution in [-0.4, -0.2) is 44.6 Å². The van der Waals surface area contributed by atoms with Crippen molar-refractivity contribution in [3.8, 4) is 27.6 Å². The number of thiophene rings is 1. The SMILES string of the molecule is COc1cc(-n2cnc3cc(-c4ccc(Cl)cc4)sc3c2=O)ccc1OCC1(OP(=O)(O)O)CC(F)(F)C1. The van der Waals surface area contributed by atoms with E-state index in [-0.39, 0.29) is 17.1 Å². The van der Waals surface area contributed by atoms with Crippen LogP contribution in [0.1, 0.15) is 12.8 Å². The van der Waals surface area contributed by atoms with Gasteiger partial charge in [0, 0.05) is 28.8 Å². The minimum absolute atomic E-state index is 0.114. The Kier molecular flexibility index (Phi) is 6.83. The number of rotatable bonds is 8. The largest absolute Gasteiger partial charge is 0.493 e. The molecule has 0 amide bonds. The number of methoxy groups -OCH3 is 1. The summed E-state index contributed by atoms with van der Waals surface area (Å²) in [5.74, 6) is -2.84. The maximum atomic E-state index is 13.5. The molecule has 2 aromatic heterocycles. The second-order valence-corrected chi connectivity index (χ2v) is 11.5. The first-order valence-corrected chi connectivity index (χ1v) is 13.8. The lowest BCUT2D eigenvalue weighted by atomic mass is 9.77.